The Morgan fingerprint density at radius 3 is 2.65 bits per heavy atom. The quantitative estimate of drug-likeness (QED) is 0.927. The molecule has 2 heterocycles. The minimum absolute atomic E-state index is 0.0803. The highest BCUT2D eigenvalue weighted by atomic mass is 32.1. The van der Waals surface area contributed by atoms with Gasteiger partial charge in [-0.15, -0.1) is 22.7 Å². The van der Waals surface area contributed by atoms with Gasteiger partial charge in [-0.2, -0.15) is 0 Å². The topological polar surface area (TPSA) is 37.8 Å². The Morgan fingerprint density at radius 2 is 2.12 bits per heavy atom. The predicted molar refractivity (Wildman–Crippen MR) is 74.7 cm³/mol. The fourth-order valence-electron chi connectivity index (χ4n) is 1.65. The van der Waals surface area contributed by atoms with Crippen molar-refractivity contribution in [1.82, 2.24) is 15.3 Å². The van der Waals surface area contributed by atoms with Crippen LogP contribution in [0.3, 0.4) is 0 Å². The van der Waals surface area contributed by atoms with Gasteiger partial charge in [0.1, 0.15) is 10.7 Å². The molecule has 0 fully saturated rings. The molecule has 0 atom stereocenters. The third-order valence-electron chi connectivity index (χ3n) is 2.40. The van der Waals surface area contributed by atoms with Crippen LogP contribution < -0.4 is 5.32 Å². The van der Waals surface area contributed by atoms with Crippen molar-refractivity contribution in [2.45, 2.75) is 32.7 Å². The van der Waals surface area contributed by atoms with Crippen molar-refractivity contribution in [3.8, 4) is 10.7 Å². The zero-order chi connectivity index (χ0) is 12.5. The average molecular weight is 267 g/mol. The number of aromatic nitrogens is 2. The maximum Gasteiger partial charge on any atom is 0.143 e. The maximum atomic E-state index is 4.77. The van der Waals surface area contributed by atoms with E-state index in [4.69, 9.17) is 4.98 Å². The second-order valence-corrected chi connectivity index (χ2v) is 6.75. The lowest BCUT2D eigenvalue weighted by molar-refractivity contribution is 0.563. The number of nitrogens with zero attached hydrogens (tertiary/aromatic N) is 2. The van der Waals surface area contributed by atoms with Crippen LogP contribution in [0.5, 0.6) is 0 Å². The van der Waals surface area contributed by atoms with Crippen LogP contribution in [0.15, 0.2) is 10.9 Å². The molecule has 1 N–H and O–H groups in total. The van der Waals surface area contributed by atoms with E-state index in [1.165, 1.54) is 10.6 Å². The Hall–Kier alpha value is -0.780. The fourth-order valence-corrected chi connectivity index (χ4v) is 3.51. The molecule has 0 aliphatic heterocycles. The van der Waals surface area contributed by atoms with E-state index < -0.39 is 0 Å². The second-order valence-electron chi connectivity index (χ2n) is 4.94. The van der Waals surface area contributed by atoms with Crippen molar-refractivity contribution < 1.29 is 0 Å². The van der Waals surface area contributed by atoms with E-state index in [1.807, 2.05) is 12.6 Å². The third-order valence-corrected chi connectivity index (χ3v) is 4.06. The average Bonchev–Trinajstić information content (AvgIpc) is 2.82. The summed E-state index contributed by atoms with van der Waals surface area (Å²) in [5.41, 5.74) is 4.11. The van der Waals surface area contributed by atoms with Crippen molar-refractivity contribution >= 4 is 22.7 Å². The zero-order valence-electron chi connectivity index (χ0n) is 10.6. The minimum Gasteiger partial charge on any atom is -0.315 e. The van der Waals surface area contributed by atoms with Gasteiger partial charge in [0.25, 0.3) is 0 Å². The molecular weight excluding hydrogens is 250 g/mol. The van der Waals surface area contributed by atoms with Gasteiger partial charge >= 0.3 is 0 Å². The molecule has 3 nitrogen and oxygen atoms in total. The van der Waals surface area contributed by atoms with Crippen molar-refractivity contribution in [3.63, 3.8) is 0 Å². The van der Waals surface area contributed by atoms with Crippen LogP contribution in [-0.4, -0.2) is 17.0 Å². The molecule has 92 valence electrons. The summed E-state index contributed by atoms with van der Waals surface area (Å²) in [6.45, 7) is 7.47. The monoisotopic (exact) mass is 267 g/mol. The molecule has 0 spiro atoms. The summed E-state index contributed by atoms with van der Waals surface area (Å²) in [4.78, 5) is 10.4. The highest BCUT2D eigenvalue weighted by molar-refractivity contribution is 7.15. The van der Waals surface area contributed by atoms with E-state index in [0.29, 0.717) is 0 Å². The number of thiazole rings is 2. The van der Waals surface area contributed by atoms with E-state index in [9.17, 15) is 0 Å². The molecule has 0 radical (unpaired) electrons. The van der Waals surface area contributed by atoms with Crippen LogP contribution in [0, 0.1) is 0 Å². The first-order valence-electron chi connectivity index (χ1n) is 5.55. The standard InChI is InChI=1S/C12H17N3S2/c1-12(2,3)10-9(5-13-4)17-11(15-10)8-6-16-7-14-8/h6-7,13H,5H2,1-4H3. The molecular formula is C12H17N3S2. The maximum absolute atomic E-state index is 4.77. The minimum atomic E-state index is 0.0803. The summed E-state index contributed by atoms with van der Waals surface area (Å²) in [6.07, 6.45) is 0. The number of hydrogen-bond acceptors (Lipinski definition) is 5. The van der Waals surface area contributed by atoms with E-state index in [-0.39, 0.29) is 5.41 Å². The van der Waals surface area contributed by atoms with Gasteiger partial charge in [-0.05, 0) is 7.05 Å². The predicted octanol–water partition coefficient (Wildman–Crippen LogP) is 3.28. The van der Waals surface area contributed by atoms with E-state index >= 15 is 0 Å². The van der Waals surface area contributed by atoms with Gasteiger partial charge in [-0.25, -0.2) is 9.97 Å². The van der Waals surface area contributed by atoms with Gasteiger partial charge in [0.05, 0.1) is 11.2 Å². The molecule has 0 saturated carbocycles. The highest BCUT2D eigenvalue weighted by Crippen LogP contribution is 2.34. The molecule has 0 unspecified atom stereocenters. The Labute approximate surface area is 110 Å². The molecule has 0 amide bonds. The molecule has 0 bridgehead atoms. The van der Waals surface area contributed by atoms with Gasteiger partial charge in [0, 0.05) is 22.2 Å². The van der Waals surface area contributed by atoms with Crippen molar-refractivity contribution in [3.05, 3.63) is 21.5 Å². The molecule has 17 heavy (non-hydrogen) atoms. The number of rotatable bonds is 3. The fraction of sp³-hybridized carbons (Fsp3) is 0.500. The third kappa shape index (κ3) is 2.73. The van der Waals surface area contributed by atoms with Gasteiger partial charge in [0.15, 0.2) is 0 Å². The molecule has 0 saturated heterocycles. The van der Waals surface area contributed by atoms with Crippen LogP contribution in [0.4, 0.5) is 0 Å². The highest BCUT2D eigenvalue weighted by Gasteiger charge is 2.23. The van der Waals surface area contributed by atoms with Gasteiger partial charge in [0.2, 0.25) is 0 Å². The zero-order valence-corrected chi connectivity index (χ0v) is 12.2. The van der Waals surface area contributed by atoms with Crippen LogP contribution in [0.1, 0.15) is 31.3 Å². The van der Waals surface area contributed by atoms with Crippen LogP contribution in [0.2, 0.25) is 0 Å². The van der Waals surface area contributed by atoms with E-state index in [2.05, 4.69) is 36.5 Å². The van der Waals surface area contributed by atoms with E-state index in [1.54, 1.807) is 22.7 Å². The normalized spacial score (nSPS) is 12.0. The van der Waals surface area contributed by atoms with E-state index in [0.717, 1.165) is 17.2 Å². The van der Waals surface area contributed by atoms with Crippen LogP contribution in [0.25, 0.3) is 10.7 Å². The lowest BCUT2D eigenvalue weighted by Crippen LogP contribution is -2.16. The summed E-state index contributed by atoms with van der Waals surface area (Å²) in [5, 5.41) is 6.29. The Bertz CT molecular complexity index is 480. The molecule has 2 aromatic heterocycles. The lowest BCUT2D eigenvalue weighted by atomic mass is 9.91. The summed E-state index contributed by atoms with van der Waals surface area (Å²) in [5.74, 6) is 0. The first-order valence-corrected chi connectivity index (χ1v) is 7.31. The van der Waals surface area contributed by atoms with Gasteiger partial charge < -0.3 is 5.32 Å². The number of nitrogens with one attached hydrogen (secondary N) is 1. The molecule has 0 aliphatic carbocycles. The summed E-state index contributed by atoms with van der Waals surface area (Å²) >= 11 is 3.35. The van der Waals surface area contributed by atoms with Crippen LogP contribution >= 0.6 is 22.7 Å². The summed E-state index contributed by atoms with van der Waals surface area (Å²) in [6, 6.07) is 0. The second kappa shape index (κ2) is 4.84. The number of hydrogen-bond donors (Lipinski definition) is 1. The first-order chi connectivity index (χ1) is 8.02. The lowest BCUT2D eigenvalue weighted by Gasteiger charge is -2.17. The van der Waals surface area contributed by atoms with Gasteiger partial charge in [-0.3, -0.25) is 0 Å². The van der Waals surface area contributed by atoms with Crippen molar-refractivity contribution in [2.24, 2.45) is 0 Å². The molecule has 2 aromatic rings. The molecule has 0 aromatic carbocycles. The molecule has 2 rings (SSSR count). The summed E-state index contributed by atoms with van der Waals surface area (Å²) in [7, 11) is 1.97. The Morgan fingerprint density at radius 1 is 1.35 bits per heavy atom. The molecule has 5 heteroatoms. The smallest absolute Gasteiger partial charge is 0.143 e. The molecule has 0 aliphatic rings. The first kappa shape index (κ1) is 12.7. The Balaban J connectivity index is 2.45. The Kier molecular flexibility index (Phi) is 3.61. The van der Waals surface area contributed by atoms with Crippen molar-refractivity contribution in [2.75, 3.05) is 7.05 Å². The summed E-state index contributed by atoms with van der Waals surface area (Å²) < 4.78 is 0. The SMILES string of the molecule is CNCc1sc(-c2cscn2)nc1C(C)(C)C. The van der Waals surface area contributed by atoms with Gasteiger partial charge in [-0.1, -0.05) is 20.8 Å². The van der Waals surface area contributed by atoms with Crippen molar-refractivity contribution in [1.29, 1.82) is 0 Å². The largest absolute Gasteiger partial charge is 0.315 e. The van der Waals surface area contributed by atoms with Crippen LogP contribution in [-0.2, 0) is 12.0 Å².